The van der Waals surface area contributed by atoms with Crippen LogP contribution < -0.4 is 0 Å². The van der Waals surface area contributed by atoms with E-state index in [1.54, 1.807) is 6.07 Å². The SMILES string of the molecule is CC1CCc2c(nc3c(F)cccc3c2C(=O)O)C1C. The summed E-state index contributed by atoms with van der Waals surface area (Å²) in [4.78, 5) is 16.1. The number of nitrogens with zero attached hydrogens (tertiary/aromatic N) is 1. The third-order valence-electron chi connectivity index (χ3n) is 4.45. The summed E-state index contributed by atoms with van der Waals surface area (Å²) in [7, 11) is 0. The summed E-state index contributed by atoms with van der Waals surface area (Å²) in [5.74, 6) is -0.874. The molecule has 1 aliphatic carbocycles. The van der Waals surface area contributed by atoms with E-state index in [0.29, 0.717) is 17.7 Å². The lowest BCUT2D eigenvalue weighted by Gasteiger charge is -2.29. The lowest BCUT2D eigenvalue weighted by atomic mass is 9.78. The molecule has 0 bridgehead atoms. The molecule has 0 aliphatic heterocycles. The van der Waals surface area contributed by atoms with Crippen LogP contribution in [0.4, 0.5) is 4.39 Å². The molecule has 20 heavy (non-hydrogen) atoms. The Kier molecular flexibility index (Phi) is 2.96. The highest BCUT2D eigenvalue weighted by molar-refractivity contribution is 6.04. The minimum absolute atomic E-state index is 0.154. The number of carbonyl (C=O) groups is 1. The summed E-state index contributed by atoms with van der Waals surface area (Å²) in [5.41, 5.74) is 1.92. The Bertz CT molecular complexity index is 711. The zero-order valence-corrected chi connectivity index (χ0v) is 11.5. The number of aromatic carboxylic acids is 1. The van der Waals surface area contributed by atoms with Gasteiger partial charge in [0.25, 0.3) is 0 Å². The number of halogens is 1. The van der Waals surface area contributed by atoms with Crippen molar-refractivity contribution in [3.05, 3.63) is 40.8 Å². The molecule has 1 aromatic heterocycles. The van der Waals surface area contributed by atoms with E-state index in [9.17, 15) is 14.3 Å². The van der Waals surface area contributed by atoms with Crippen LogP contribution in [0.2, 0.25) is 0 Å². The molecule has 1 N–H and O–H groups in total. The molecule has 1 aliphatic rings. The van der Waals surface area contributed by atoms with Crippen molar-refractivity contribution in [2.75, 3.05) is 0 Å². The highest BCUT2D eigenvalue weighted by Crippen LogP contribution is 2.38. The maximum atomic E-state index is 14.0. The fourth-order valence-corrected chi connectivity index (χ4v) is 3.07. The zero-order valence-electron chi connectivity index (χ0n) is 11.5. The minimum Gasteiger partial charge on any atom is -0.478 e. The quantitative estimate of drug-likeness (QED) is 0.860. The van der Waals surface area contributed by atoms with Crippen molar-refractivity contribution >= 4 is 16.9 Å². The number of hydrogen-bond acceptors (Lipinski definition) is 2. The van der Waals surface area contributed by atoms with Crippen molar-refractivity contribution in [1.82, 2.24) is 4.98 Å². The van der Waals surface area contributed by atoms with Gasteiger partial charge in [-0.15, -0.1) is 0 Å². The Morgan fingerprint density at radius 3 is 2.85 bits per heavy atom. The predicted octanol–water partition coefficient (Wildman–Crippen LogP) is 3.76. The normalized spacial score (nSPS) is 21.8. The van der Waals surface area contributed by atoms with Gasteiger partial charge in [0.1, 0.15) is 11.3 Å². The van der Waals surface area contributed by atoms with Crippen LogP contribution in [-0.4, -0.2) is 16.1 Å². The molecule has 0 amide bonds. The first-order valence-electron chi connectivity index (χ1n) is 6.85. The van der Waals surface area contributed by atoms with Gasteiger partial charge in [-0.25, -0.2) is 14.2 Å². The number of rotatable bonds is 1. The van der Waals surface area contributed by atoms with E-state index in [4.69, 9.17) is 0 Å². The van der Waals surface area contributed by atoms with Crippen molar-refractivity contribution in [1.29, 1.82) is 0 Å². The fourth-order valence-electron chi connectivity index (χ4n) is 3.07. The van der Waals surface area contributed by atoms with Crippen LogP contribution in [0.3, 0.4) is 0 Å². The summed E-state index contributed by atoms with van der Waals surface area (Å²) in [5, 5.41) is 9.93. The topological polar surface area (TPSA) is 50.2 Å². The van der Waals surface area contributed by atoms with Crippen LogP contribution in [0.5, 0.6) is 0 Å². The molecule has 104 valence electrons. The number of carboxylic acids is 1. The van der Waals surface area contributed by atoms with E-state index in [1.165, 1.54) is 12.1 Å². The second-order valence-corrected chi connectivity index (χ2v) is 5.60. The second kappa shape index (κ2) is 4.54. The van der Waals surface area contributed by atoms with Gasteiger partial charge in [0.15, 0.2) is 0 Å². The third-order valence-corrected chi connectivity index (χ3v) is 4.45. The number of para-hydroxylation sites is 1. The van der Waals surface area contributed by atoms with Gasteiger partial charge in [0.2, 0.25) is 0 Å². The van der Waals surface area contributed by atoms with Gasteiger partial charge in [-0.1, -0.05) is 26.0 Å². The lowest BCUT2D eigenvalue weighted by Crippen LogP contribution is -2.21. The van der Waals surface area contributed by atoms with Gasteiger partial charge < -0.3 is 5.11 Å². The molecule has 2 atom stereocenters. The molecule has 1 aromatic carbocycles. The van der Waals surface area contributed by atoms with Crippen LogP contribution in [0.25, 0.3) is 10.9 Å². The fraction of sp³-hybridized carbons (Fsp3) is 0.375. The Labute approximate surface area is 116 Å². The molecule has 0 spiro atoms. The minimum atomic E-state index is -0.999. The molecule has 2 unspecified atom stereocenters. The summed E-state index contributed by atoms with van der Waals surface area (Å²) in [6.45, 7) is 4.16. The van der Waals surface area contributed by atoms with Crippen molar-refractivity contribution in [3.63, 3.8) is 0 Å². The maximum Gasteiger partial charge on any atom is 0.336 e. The van der Waals surface area contributed by atoms with E-state index >= 15 is 0 Å². The molecule has 1 heterocycles. The van der Waals surface area contributed by atoms with Crippen molar-refractivity contribution < 1.29 is 14.3 Å². The molecule has 3 nitrogen and oxygen atoms in total. The maximum absolute atomic E-state index is 14.0. The van der Waals surface area contributed by atoms with Crippen LogP contribution in [0.1, 0.15) is 47.8 Å². The molecule has 4 heteroatoms. The Morgan fingerprint density at radius 1 is 1.40 bits per heavy atom. The Hall–Kier alpha value is -1.97. The van der Waals surface area contributed by atoms with Gasteiger partial charge >= 0.3 is 5.97 Å². The Balaban J connectivity index is 2.42. The molecular formula is C16H16FNO2. The molecular weight excluding hydrogens is 257 g/mol. The molecule has 3 rings (SSSR count). The zero-order chi connectivity index (χ0) is 14.4. The van der Waals surface area contributed by atoms with Gasteiger partial charge in [-0.05, 0) is 30.4 Å². The molecule has 2 aromatic rings. The van der Waals surface area contributed by atoms with Gasteiger partial charge in [0, 0.05) is 17.0 Å². The van der Waals surface area contributed by atoms with E-state index in [1.807, 2.05) is 6.92 Å². The van der Waals surface area contributed by atoms with Crippen molar-refractivity contribution in [3.8, 4) is 0 Å². The number of benzene rings is 1. The molecule has 0 fully saturated rings. The number of fused-ring (bicyclic) bond motifs is 2. The largest absolute Gasteiger partial charge is 0.478 e. The summed E-state index contributed by atoms with van der Waals surface area (Å²) >= 11 is 0. The third kappa shape index (κ3) is 1.79. The standard InChI is InChI=1S/C16H16FNO2/c1-8-6-7-11-13(16(19)20)10-4-3-5-12(17)15(10)18-14(11)9(8)2/h3-5,8-9H,6-7H2,1-2H3,(H,19,20). The highest BCUT2D eigenvalue weighted by atomic mass is 19.1. The summed E-state index contributed by atoms with van der Waals surface area (Å²) in [6.07, 6.45) is 1.64. The van der Waals surface area contributed by atoms with Crippen molar-refractivity contribution in [2.45, 2.75) is 32.6 Å². The van der Waals surface area contributed by atoms with E-state index in [0.717, 1.165) is 17.7 Å². The molecule has 0 radical (unpaired) electrons. The molecule has 0 saturated carbocycles. The van der Waals surface area contributed by atoms with Crippen LogP contribution >= 0.6 is 0 Å². The van der Waals surface area contributed by atoms with Gasteiger partial charge in [-0.3, -0.25) is 0 Å². The van der Waals surface area contributed by atoms with Crippen LogP contribution in [0, 0.1) is 11.7 Å². The van der Waals surface area contributed by atoms with Crippen molar-refractivity contribution in [2.24, 2.45) is 5.92 Å². The first-order valence-corrected chi connectivity index (χ1v) is 6.85. The summed E-state index contributed by atoms with van der Waals surface area (Å²) < 4.78 is 14.0. The second-order valence-electron chi connectivity index (χ2n) is 5.60. The highest BCUT2D eigenvalue weighted by Gasteiger charge is 2.30. The summed E-state index contributed by atoms with van der Waals surface area (Å²) in [6, 6.07) is 4.50. The van der Waals surface area contributed by atoms with Gasteiger partial charge in [0.05, 0.1) is 5.56 Å². The monoisotopic (exact) mass is 273 g/mol. The lowest BCUT2D eigenvalue weighted by molar-refractivity contribution is 0.0697. The van der Waals surface area contributed by atoms with E-state index in [-0.39, 0.29) is 17.0 Å². The van der Waals surface area contributed by atoms with E-state index < -0.39 is 11.8 Å². The number of aromatic nitrogens is 1. The first kappa shape index (κ1) is 13.0. The Morgan fingerprint density at radius 2 is 2.15 bits per heavy atom. The molecule has 0 saturated heterocycles. The first-order chi connectivity index (χ1) is 9.50. The smallest absolute Gasteiger partial charge is 0.336 e. The average molecular weight is 273 g/mol. The number of carboxylic acid groups (broad SMARTS) is 1. The van der Waals surface area contributed by atoms with Crippen LogP contribution in [-0.2, 0) is 6.42 Å². The number of pyridine rings is 1. The van der Waals surface area contributed by atoms with Crippen LogP contribution in [0.15, 0.2) is 18.2 Å². The number of hydrogen-bond donors (Lipinski definition) is 1. The predicted molar refractivity (Wildman–Crippen MR) is 74.6 cm³/mol. The van der Waals surface area contributed by atoms with E-state index in [2.05, 4.69) is 11.9 Å². The van der Waals surface area contributed by atoms with Gasteiger partial charge in [-0.2, -0.15) is 0 Å². The average Bonchev–Trinajstić information content (AvgIpc) is 2.41.